The van der Waals surface area contributed by atoms with Crippen molar-refractivity contribution in [2.75, 3.05) is 33.3 Å². The van der Waals surface area contributed by atoms with Crippen LogP contribution in [0.5, 0.6) is 0 Å². The Balaban J connectivity index is 1.56. The minimum absolute atomic E-state index is 0.175. The van der Waals surface area contributed by atoms with Gasteiger partial charge in [0.2, 0.25) is 0 Å². The molecule has 1 heterocycles. The maximum Gasteiger partial charge on any atom is 0.114 e. The van der Waals surface area contributed by atoms with Crippen molar-refractivity contribution in [1.82, 2.24) is 10.2 Å². The second-order valence-corrected chi connectivity index (χ2v) is 11.4. The van der Waals surface area contributed by atoms with Crippen molar-refractivity contribution in [1.29, 1.82) is 0 Å². The number of hydrogen-bond donors (Lipinski definition) is 2. The van der Waals surface area contributed by atoms with E-state index in [-0.39, 0.29) is 10.8 Å². The number of rotatable bonds is 8. The van der Waals surface area contributed by atoms with Crippen LogP contribution >= 0.6 is 11.6 Å². The molecule has 1 fully saturated rings. The van der Waals surface area contributed by atoms with Crippen LogP contribution in [0.4, 0.5) is 0 Å². The van der Waals surface area contributed by atoms with E-state index in [1.807, 2.05) is 0 Å². The largest absolute Gasteiger partial charge is 0.497 e. The van der Waals surface area contributed by atoms with Crippen LogP contribution in [-0.2, 0) is 4.74 Å². The number of ether oxygens (including phenoxy) is 1. The van der Waals surface area contributed by atoms with Crippen molar-refractivity contribution < 1.29 is 9.84 Å². The van der Waals surface area contributed by atoms with E-state index in [0.717, 1.165) is 64.0 Å². The zero-order chi connectivity index (χ0) is 22.6. The first-order chi connectivity index (χ1) is 14.6. The third kappa shape index (κ3) is 5.96. The Morgan fingerprint density at radius 3 is 2.61 bits per heavy atom. The van der Waals surface area contributed by atoms with Gasteiger partial charge in [0.05, 0.1) is 12.7 Å². The molecule has 0 radical (unpaired) electrons. The number of halogens is 1. The molecule has 0 spiro atoms. The van der Waals surface area contributed by atoms with Gasteiger partial charge in [0, 0.05) is 43.0 Å². The van der Waals surface area contributed by atoms with Crippen molar-refractivity contribution in [2.24, 2.45) is 17.3 Å². The molecule has 5 heteroatoms. The van der Waals surface area contributed by atoms with Gasteiger partial charge < -0.3 is 20.1 Å². The van der Waals surface area contributed by atoms with Crippen LogP contribution in [0.3, 0.4) is 0 Å². The van der Waals surface area contributed by atoms with E-state index in [1.54, 1.807) is 7.11 Å². The number of nitrogens with one attached hydrogen (secondary N) is 1. The molecule has 1 aliphatic heterocycles. The van der Waals surface area contributed by atoms with Crippen molar-refractivity contribution in [2.45, 2.75) is 76.8 Å². The van der Waals surface area contributed by atoms with Crippen molar-refractivity contribution in [3.05, 3.63) is 35.6 Å². The summed E-state index contributed by atoms with van der Waals surface area (Å²) in [5.41, 5.74) is 0.338. The van der Waals surface area contributed by atoms with Gasteiger partial charge in [-0.2, -0.15) is 0 Å². The van der Waals surface area contributed by atoms with Gasteiger partial charge in [0.1, 0.15) is 5.76 Å². The van der Waals surface area contributed by atoms with Gasteiger partial charge >= 0.3 is 0 Å². The van der Waals surface area contributed by atoms with Gasteiger partial charge in [-0.3, -0.25) is 0 Å². The monoisotopic (exact) mass is 450 g/mol. The Bertz CT molecular complexity index is 700. The highest BCUT2D eigenvalue weighted by Crippen LogP contribution is 2.46. The predicted octanol–water partition coefficient (Wildman–Crippen LogP) is 4.89. The fourth-order valence-corrected chi connectivity index (χ4v) is 5.59. The summed E-state index contributed by atoms with van der Waals surface area (Å²) in [6.45, 7) is 12.9. The molecule has 4 nitrogen and oxygen atoms in total. The fraction of sp³-hybridized carbons (Fsp3) is 0.769. The average Bonchev–Trinajstić information content (AvgIpc) is 2.74. The van der Waals surface area contributed by atoms with E-state index in [4.69, 9.17) is 16.3 Å². The topological polar surface area (TPSA) is 44.7 Å². The smallest absolute Gasteiger partial charge is 0.114 e. The Kier molecular flexibility index (Phi) is 8.34. The van der Waals surface area contributed by atoms with Gasteiger partial charge in [0.15, 0.2) is 0 Å². The highest BCUT2D eigenvalue weighted by molar-refractivity contribution is 6.20. The van der Waals surface area contributed by atoms with Gasteiger partial charge in [0.25, 0.3) is 0 Å². The summed E-state index contributed by atoms with van der Waals surface area (Å²) in [5.74, 6) is 2.05. The zero-order valence-electron chi connectivity index (χ0n) is 20.2. The van der Waals surface area contributed by atoms with Crippen LogP contribution in [0, 0.1) is 17.3 Å². The minimum Gasteiger partial charge on any atom is -0.497 e. The first kappa shape index (κ1) is 24.8. The normalized spacial score (nSPS) is 32.5. The lowest BCUT2D eigenvalue weighted by molar-refractivity contribution is -0.0959. The Morgan fingerprint density at radius 2 is 2.06 bits per heavy atom. The van der Waals surface area contributed by atoms with E-state index in [2.05, 4.69) is 62.2 Å². The molecule has 3 aliphatic rings. The zero-order valence-corrected chi connectivity index (χ0v) is 20.9. The minimum atomic E-state index is -0.709. The van der Waals surface area contributed by atoms with Crippen molar-refractivity contribution in [3.8, 4) is 0 Å². The van der Waals surface area contributed by atoms with E-state index in [1.165, 1.54) is 5.57 Å². The summed E-state index contributed by atoms with van der Waals surface area (Å²) in [7, 11) is 1.73. The highest BCUT2D eigenvalue weighted by Gasteiger charge is 2.50. The molecule has 2 unspecified atom stereocenters. The maximum absolute atomic E-state index is 11.7. The number of allylic oxidation sites excluding steroid dienone is 3. The van der Waals surface area contributed by atoms with Crippen LogP contribution in [0.2, 0.25) is 0 Å². The van der Waals surface area contributed by atoms with E-state index < -0.39 is 5.60 Å². The first-order valence-electron chi connectivity index (χ1n) is 12.1. The van der Waals surface area contributed by atoms with E-state index in [9.17, 15) is 5.11 Å². The van der Waals surface area contributed by atoms with E-state index in [0.29, 0.717) is 17.9 Å². The molecule has 0 aromatic carbocycles. The van der Waals surface area contributed by atoms with E-state index >= 15 is 0 Å². The molecular formula is C26H43ClN2O2. The van der Waals surface area contributed by atoms with Crippen molar-refractivity contribution >= 4 is 11.6 Å². The molecule has 2 aliphatic carbocycles. The predicted molar refractivity (Wildman–Crippen MR) is 130 cm³/mol. The van der Waals surface area contributed by atoms with Crippen LogP contribution in [0.1, 0.15) is 59.8 Å². The van der Waals surface area contributed by atoms with Crippen molar-refractivity contribution in [3.63, 3.8) is 0 Å². The maximum atomic E-state index is 11.7. The summed E-state index contributed by atoms with van der Waals surface area (Å²) in [6, 6.07) is 0.439. The number of nitrogens with zero attached hydrogens (tertiary/aromatic N) is 1. The number of methoxy groups -OCH3 is 1. The Labute approximate surface area is 194 Å². The lowest BCUT2D eigenvalue weighted by Crippen LogP contribution is -2.60. The summed E-state index contributed by atoms with van der Waals surface area (Å²) in [6.07, 6.45) is 13.4. The van der Waals surface area contributed by atoms with Gasteiger partial charge in [-0.1, -0.05) is 39.8 Å². The molecular weight excluding hydrogens is 408 g/mol. The van der Waals surface area contributed by atoms with Crippen LogP contribution in [0.25, 0.3) is 0 Å². The molecule has 1 saturated heterocycles. The summed E-state index contributed by atoms with van der Waals surface area (Å²) in [5, 5.41) is 15.8. The quantitative estimate of drug-likeness (QED) is 0.408. The summed E-state index contributed by atoms with van der Waals surface area (Å²) in [4.78, 5) is 2.56. The van der Waals surface area contributed by atoms with Crippen LogP contribution < -0.4 is 5.32 Å². The second-order valence-electron chi connectivity index (χ2n) is 10.8. The molecule has 2 N–H and O–H groups in total. The number of likely N-dealkylation sites (tertiary alicyclic amines) is 1. The third-order valence-electron chi connectivity index (χ3n) is 7.70. The average molecular weight is 451 g/mol. The summed E-state index contributed by atoms with van der Waals surface area (Å²) < 4.78 is 5.31. The molecule has 0 aromatic heterocycles. The highest BCUT2D eigenvalue weighted by atomic mass is 35.5. The standard InChI is InChI=1S/C26H43ClN2O2/c1-19(2)24(28-16-20-6-12-23(31-5)13-7-20)17-29-15-14-26(30,25(3,4)18-29)21-8-10-22(27)11-9-21/h6,8,12-13,19-20,22,24,28,30H,7,9-11,14-18H2,1-5H3/t20?,22?,24-,26-/m0/s1. The molecule has 0 amide bonds. The SMILES string of the molecule is COC1=CCC(CN[C@@H](CN2CC[C@](O)(C3=CCC(Cl)CC3)C(C)(C)C2)C(C)C)C=C1. The second kappa shape index (κ2) is 10.4. The number of alkyl halides is 1. The van der Waals surface area contributed by atoms with Crippen LogP contribution in [-0.4, -0.2) is 60.3 Å². The third-order valence-corrected chi connectivity index (χ3v) is 8.09. The fourth-order valence-electron chi connectivity index (χ4n) is 5.40. The number of aliphatic hydroxyl groups is 1. The Morgan fingerprint density at radius 1 is 1.29 bits per heavy atom. The molecule has 0 bridgehead atoms. The van der Waals surface area contributed by atoms with Gasteiger partial charge in [-0.15, -0.1) is 11.6 Å². The lowest BCUT2D eigenvalue weighted by atomic mass is 9.64. The van der Waals surface area contributed by atoms with Gasteiger partial charge in [-0.05, 0) is 61.7 Å². The molecule has 0 aromatic rings. The van der Waals surface area contributed by atoms with Gasteiger partial charge in [-0.25, -0.2) is 0 Å². The number of hydrogen-bond acceptors (Lipinski definition) is 4. The Hall–Kier alpha value is -0.810. The molecule has 176 valence electrons. The molecule has 31 heavy (non-hydrogen) atoms. The molecule has 0 saturated carbocycles. The number of piperidine rings is 1. The lowest BCUT2D eigenvalue weighted by Gasteiger charge is -2.53. The first-order valence-corrected chi connectivity index (χ1v) is 12.5. The molecule has 4 atom stereocenters. The van der Waals surface area contributed by atoms with Crippen LogP contribution in [0.15, 0.2) is 35.6 Å². The summed E-state index contributed by atoms with van der Waals surface area (Å²) >= 11 is 6.29. The molecule has 3 rings (SSSR count).